The molecule has 11 heteroatoms. The van der Waals surface area contributed by atoms with Crippen LogP contribution in [0.25, 0.3) is 0 Å². The minimum Gasteiger partial charge on any atom is -0.461 e. The lowest BCUT2D eigenvalue weighted by atomic mass is 10.0. The maximum atomic E-state index is 12.3. The van der Waals surface area contributed by atoms with Crippen LogP contribution < -0.4 is 0 Å². The zero-order chi connectivity index (χ0) is 17.8. The molecule has 0 saturated carbocycles. The van der Waals surface area contributed by atoms with Crippen molar-refractivity contribution in [2.75, 3.05) is 19.8 Å². The van der Waals surface area contributed by atoms with Crippen LogP contribution in [-0.2, 0) is 19.1 Å². The number of rotatable bonds is 7. The minimum atomic E-state index is -6.31. The first-order valence-corrected chi connectivity index (χ1v) is 5.54. The highest BCUT2D eigenvalue weighted by Gasteiger charge is 2.76. The van der Waals surface area contributed by atoms with Crippen LogP contribution in [0.3, 0.4) is 0 Å². The van der Waals surface area contributed by atoms with Crippen molar-refractivity contribution in [3.05, 3.63) is 12.2 Å². The molecule has 1 N–H and O–H groups in total. The molecule has 0 heterocycles. The fraction of sp³-hybridized carbons (Fsp3) is 0.636. The SMILES string of the molecule is C=C(C)C(=O)COCCOC(=O)C(O)(C(F)(F)F)C(F)(F)F. The molecule has 0 aliphatic heterocycles. The lowest BCUT2D eigenvalue weighted by molar-refractivity contribution is -0.357. The highest BCUT2D eigenvalue weighted by Crippen LogP contribution is 2.43. The number of hydrogen-bond donors (Lipinski definition) is 1. The van der Waals surface area contributed by atoms with Crippen molar-refractivity contribution in [2.24, 2.45) is 0 Å². The second-order valence-corrected chi connectivity index (χ2v) is 4.10. The summed E-state index contributed by atoms with van der Waals surface area (Å²) in [5.41, 5.74) is -5.51. The Bertz CT molecular complexity index is 425. The van der Waals surface area contributed by atoms with Crippen molar-refractivity contribution in [3.63, 3.8) is 0 Å². The Morgan fingerprint density at radius 1 is 1.05 bits per heavy atom. The lowest BCUT2D eigenvalue weighted by Gasteiger charge is -2.29. The number of hydrogen-bond acceptors (Lipinski definition) is 5. The van der Waals surface area contributed by atoms with Crippen LogP contribution in [0.4, 0.5) is 26.3 Å². The minimum absolute atomic E-state index is 0.125. The van der Waals surface area contributed by atoms with Gasteiger partial charge in [-0.2, -0.15) is 26.3 Å². The van der Waals surface area contributed by atoms with E-state index >= 15 is 0 Å². The molecule has 0 radical (unpaired) electrons. The van der Waals surface area contributed by atoms with Crippen LogP contribution in [0.5, 0.6) is 0 Å². The maximum absolute atomic E-state index is 12.3. The number of carbonyl (C=O) groups is 2. The Morgan fingerprint density at radius 3 is 1.86 bits per heavy atom. The van der Waals surface area contributed by atoms with Crippen LogP contribution in [0.1, 0.15) is 6.92 Å². The highest BCUT2D eigenvalue weighted by atomic mass is 19.4. The molecule has 22 heavy (non-hydrogen) atoms. The molecular weight excluding hydrogens is 326 g/mol. The van der Waals surface area contributed by atoms with E-state index in [2.05, 4.69) is 16.1 Å². The molecule has 0 bridgehead atoms. The summed E-state index contributed by atoms with van der Waals surface area (Å²) in [6.07, 6.45) is -12.6. The predicted octanol–water partition coefficient (Wildman–Crippen LogP) is 1.55. The highest BCUT2D eigenvalue weighted by molar-refractivity contribution is 5.95. The zero-order valence-corrected chi connectivity index (χ0v) is 11.2. The van der Waals surface area contributed by atoms with Gasteiger partial charge in [-0.05, 0) is 12.5 Å². The Morgan fingerprint density at radius 2 is 1.50 bits per heavy atom. The van der Waals surface area contributed by atoms with Gasteiger partial charge in [0.2, 0.25) is 0 Å². The number of ketones is 1. The molecule has 0 aromatic heterocycles. The van der Waals surface area contributed by atoms with Crippen molar-refractivity contribution in [1.82, 2.24) is 0 Å². The van der Waals surface area contributed by atoms with Crippen molar-refractivity contribution in [1.29, 1.82) is 0 Å². The third kappa shape index (κ3) is 4.70. The van der Waals surface area contributed by atoms with Crippen molar-refractivity contribution in [3.8, 4) is 0 Å². The quantitative estimate of drug-likeness (QED) is 0.330. The van der Waals surface area contributed by atoms with Gasteiger partial charge >= 0.3 is 23.9 Å². The lowest BCUT2D eigenvalue weighted by Crippen LogP contribution is -2.63. The topological polar surface area (TPSA) is 72.8 Å². The Kier molecular flexibility index (Phi) is 6.57. The molecule has 0 atom stereocenters. The predicted molar refractivity (Wildman–Crippen MR) is 58.7 cm³/mol. The van der Waals surface area contributed by atoms with E-state index in [1.807, 2.05) is 0 Å². The monoisotopic (exact) mass is 338 g/mol. The summed E-state index contributed by atoms with van der Waals surface area (Å²) >= 11 is 0. The first-order valence-electron chi connectivity index (χ1n) is 5.54. The molecule has 0 aromatic rings. The number of ether oxygens (including phenoxy) is 2. The number of esters is 1. The van der Waals surface area contributed by atoms with Crippen LogP contribution in [0.15, 0.2) is 12.2 Å². The molecule has 0 aliphatic rings. The van der Waals surface area contributed by atoms with Gasteiger partial charge in [0.25, 0.3) is 0 Å². The number of alkyl halides is 6. The van der Waals surface area contributed by atoms with Crippen LogP contribution in [0.2, 0.25) is 0 Å². The van der Waals surface area contributed by atoms with Crippen molar-refractivity contribution < 1.29 is 50.5 Å². The fourth-order valence-corrected chi connectivity index (χ4v) is 0.978. The molecule has 0 aliphatic carbocycles. The maximum Gasteiger partial charge on any atom is 0.437 e. The Hall–Kier alpha value is -1.62. The van der Waals surface area contributed by atoms with E-state index in [4.69, 9.17) is 5.11 Å². The van der Waals surface area contributed by atoms with E-state index in [9.17, 15) is 35.9 Å². The number of halogens is 6. The molecule has 0 spiro atoms. The molecule has 5 nitrogen and oxygen atoms in total. The molecule has 128 valence electrons. The van der Waals surface area contributed by atoms with Gasteiger partial charge < -0.3 is 14.6 Å². The smallest absolute Gasteiger partial charge is 0.437 e. The second kappa shape index (κ2) is 7.09. The van der Waals surface area contributed by atoms with Crippen LogP contribution >= 0.6 is 0 Å². The van der Waals surface area contributed by atoms with E-state index in [1.54, 1.807) is 0 Å². The second-order valence-electron chi connectivity index (χ2n) is 4.10. The molecule has 0 rings (SSSR count). The first-order chi connectivity index (χ1) is 9.75. The van der Waals surface area contributed by atoms with Gasteiger partial charge in [-0.15, -0.1) is 0 Å². The summed E-state index contributed by atoms with van der Waals surface area (Å²) < 4.78 is 81.9. The van der Waals surface area contributed by atoms with E-state index < -0.39 is 49.5 Å². The van der Waals surface area contributed by atoms with Gasteiger partial charge in [-0.3, -0.25) is 4.79 Å². The van der Waals surface area contributed by atoms with Crippen LogP contribution in [0, 0.1) is 0 Å². The average Bonchev–Trinajstić information content (AvgIpc) is 2.33. The van der Waals surface area contributed by atoms with Crippen LogP contribution in [-0.4, -0.2) is 54.6 Å². The average molecular weight is 338 g/mol. The van der Waals surface area contributed by atoms with E-state index in [0.29, 0.717) is 0 Å². The summed E-state index contributed by atoms with van der Waals surface area (Å²) in [6.45, 7) is 2.44. The van der Waals surface area contributed by atoms with E-state index in [-0.39, 0.29) is 5.57 Å². The van der Waals surface area contributed by atoms with Gasteiger partial charge in [-0.25, -0.2) is 4.79 Å². The fourth-order valence-electron chi connectivity index (χ4n) is 0.978. The summed E-state index contributed by atoms with van der Waals surface area (Å²) in [6, 6.07) is 0. The summed E-state index contributed by atoms with van der Waals surface area (Å²) in [5, 5.41) is 8.64. The molecular formula is C11H12F6O5. The molecule has 0 fully saturated rings. The molecule has 0 saturated heterocycles. The molecule has 0 aromatic carbocycles. The third-order valence-electron chi connectivity index (χ3n) is 2.29. The number of aliphatic hydroxyl groups is 1. The molecule has 0 unspecified atom stereocenters. The zero-order valence-electron chi connectivity index (χ0n) is 11.2. The Balaban J connectivity index is 4.58. The Labute approximate surface area is 120 Å². The van der Waals surface area contributed by atoms with E-state index in [0.717, 1.165) is 0 Å². The summed E-state index contributed by atoms with van der Waals surface area (Å²) in [4.78, 5) is 21.9. The third-order valence-corrected chi connectivity index (χ3v) is 2.29. The van der Waals surface area contributed by atoms with Crippen molar-refractivity contribution >= 4 is 11.8 Å². The number of Topliss-reactive ketones (excluding diaryl/α,β-unsaturated/α-hetero) is 1. The number of carbonyl (C=O) groups excluding carboxylic acids is 2. The van der Waals surface area contributed by atoms with Gasteiger partial charge in [-0.1, -0.05) is 6.58 Å². The van der Waals surface area contributed by atoms with Gasteiger partial charge in [0.15, 0.2) is 5.78 Å². The van der Waals surface area contributed by atoms with E-state index in [1.165, 1.54) is 6.92 Å². The van der Waals surface area contributed by atoms with Crippen molar-refractivity contribution in [2.45, 2.75) is 24.9 Å². The summed E-state index contributed by atoms with van der Waals surface area (Å²) in [5.74, 6) is -3.48. The summed E-state index contributed by atoms with van der Waals surface area (Å²) in [7, 11) is 0. The normalized spacial score (nSPS) is 12.9. The standard InChI is InChI=1S/C11H12F6O5/c1-6(2)7(18)5-21-3-4-22-8(19)9(20,10(12,13)14)11(15,16)17/h20H,1,3-5H2,2H3. The first kappa shape index (κ1) is 20.4. The van der Waals surface area contributed by atoms with Gasteiger partial charge in [0, 0.05) is 0 Å². The largest absolute Gasteiger partial charge is 0.461 e. The molecule has 0 amide bonds. The van der Waals surface area contributed by atoms with Gasteiger partial charge in [0.1, 0.15) is 13.2 Å². The van der Waals surface area contributed by atoms with Gasteiger partial charge in [0.05, 0.1) is 6.61 Å².